The summed E-state index contributed by atoms with van der Waals surface area (Å²) in [6, 6.07) is 3.54. The first-order valence-electron chi connectivity index (χ1n) is 9.59. The molecule has 7 nitrogen and oxygen atoms in total. The normalized spacial score (nSPS) is 20.7. The first kappa shape index (κ1) is 20.5. The Kier molecular flexibility index (Phi) is 6.75. The van der Waals surface area contributed by atoms with Crippen molar-refractivity contribution in [2.75, 3.05) is 72.7 Å². The van der Waals surface area contributed by atoms with Crippen LogP contribution in [0.2, 0.25) is 0 Å². The minimum Gasteiger partial charge on any atom is -0.495 e. The number of benzene rings is 1. The zero-order valence-corrected chi connectivity index (χ0v) is 17.4. The summed E-state index contributed by atoms with van der Waals surface area (Å²) in [5.41, 5.74) is 1.98. The SMILES string of the molecule is COc1cc(C)c(C)cc1S(=O)(=O)N1CCN(CCN2CCOCC2)CC1. The van der Waals surface area contributed by atoms with Gasteiger partial charge in [0.15, 0.2) is 0 Å². The molecule has 2 aliphatic rings. The maximum Gasteiger partial charge on any atom is 0.246 e. The van der Waals surface area contributed by atoms with Crippen molar-refractivity contribution in [1.29, 1.82) is 0 Å². The van der Waals surface area contributed by atoms with Gasteiger partial charge in [-0.25, -0.2) is 8.42 Å². The molecule has 1 aromatic rings. The van der Waals surface area contributed by atoms with Crippen LogP contribution in [0.5, 0.6) is 5.75 Å². The second-order valence-corrected chi connectivity index (χ2v) is 9.19. The zero-order valence-electron chi connectivity index (χ0n) is 16.6. The minimum absolute atomic E-state index is 0.273. The highest BCUT2D eigenvalue weighted by molar-refractivity contribution is 7.89. The molecule has 0 aliphatic carbocycles. The van der Waals surface area contributed by atoms with Gasteiger partial charge in [0.05, 0.1) is 20.3 Å². The topological polar surface area (TPSA) is 62.3 Å². The molecule has 2 aliphatic heterocycles. The van der Waals surface area contributed by atoms with Crippen LogP contribution in [0.1, 0.15) is 11.1 Å². The van der Waals surface area contributed by atoms with E-state index in [1.807, 2.05) is 13.8 Å². The summed E-state index contributed by atoms with van der Waals surface area (Å²) in [6.45, 7) is 12.0. The Morgan fingerprint density at radius 2 is 1.48 bits per heavy atom. The van der Waals surface area contributed by atoms with E-state index in [4.69, 9.17) is 9.47 Å². The maximum absolute atomic E-state index is 13.1. The monoisotopic (exact) mass is 397 g/mol. The Labute approximate surface area is 162 Å². The van der Waals surface area contributed by atoms with E-state index < -0.39 is 10.0 Å². The van der Waals surface area contributed by atoms with Gasteiger partial charge in [-0.05, 0) is 37.1 Å². The highest BCUT2D eigenvalue weighted by Gasteiger charge is 2.31. The van der Waals surface area contributed by atoms with Crippen LogP contribution in [0.15, 0.2) is 17.0 Å². The van der Waals surface area contributed by atoms with Gasteiger partial charge in [0.2, 0.25) is 10.0 Å². The third kappa shape index (κ3) is 4.81. The van der Waals surface area contributed by atoms with Gasteiger partial charge >= 0.3 is 0 Å². The van der Waals surface area contributed by atoms with Crippen LogP contribution in [0.3, 0.4) is 0 Å². The van der Waals surface area contributed by atoms with E-state index in [9.17, 15) is 8.42 Å². The average molecular weight is 398 g/mol. The smallest absolute Gasteiger partial charge is 0.246 e. The third-order valence-electron chi connectivity index (χ3n) is 5.57. The standard InChI is InChI=1S/C19H31N3O4S/c1-16-14-18(25-3)19(15-17(16)2)27(23,24)22-8-6-20(7-9-22)4-5-21-10-12-26-13-11-21/h14-15H,4-13H2,1-3H3. The second-order valence-electron chi connectivity index (χ2n) is 7.29. The predicted octanol–water partition coefficient (Wildman–Crippen LogP) is 0.951. The van der Waals surface area contributed by atoms with Crippen LogP contribution in [-0.2, 0) is 14.8 Å². The molecule has 2 heterocycles. The lowest BCUT2D eigenvalue weighted by molar-refractivity contribution is 0.0317. The molecule has 2 saturated heterocycles. The molecular weight excluding hydrogens is 366 g/mol. The van der Waals surface area contributed by atoms with Crippen molar-refractivity contribution in [1.82, 2.24) is 14.1 Å². The molecule has 0 unspecified atom stereocenters. The van der Waals surface area contributed by atoms with Crippen molar-refractivity contribution in [2.45, 2.75) is 18.7 Å². The molecular formula is C19H31N3O4S. The highest BCUT2D eigenvalue weighted by atomic mass is 32.2. The molecule has 152 valence electrons. The van der Waals surface area contributed by atoms with Gasteiger partial charge in [0, 0.05) is 52.4 Å². The van der Waals surface area contributed by atoms with E-state index in [0.717, 1.165) is 63.6 Å². The maximum atomic E-state index is 13.1. The Bertz CT molecular complexity index is 740. The number of morpholine rings is 1. The Hall–Kier alpha value is -1.19. The molecule has 0 bridgehead atoms. The van der Waals surface area contributed by atoms with Gasteiger partial charge in [0.25, 0.3) is 0 Å². The quantitative estimate of drug-likeness (QED) is 0.712. The fourth-order valence-corrected chi connectivity index (χ4v) is 5.21. The number of hydrogen-bond acceptors (Lipinski definition) is 6. The fraction of sp³-hybridized carbons (Fsp3) is 0.684. The molecule has 2 fully saturated rings. The van der Waals surface area contributed by atoms with Crippen LogP contribution in [0, 0.1) is 13.8 Å². The lowest BCUT2D eigenvalue weighted by Crippen LogP contribution is -2.50. The summed E-state index contributed by atoms with van der Waals surface area (Å²) >= 11 is 0. The number of rotatable bonds is 6. The minimum atomic E-state index is -3.55. The first-order valence-corrected chi connectivity index (χ1v) is 11.0. The van der Waals surface area contributed by atoms with Gasteiger partial charge in [-0.2, -0.15) is 4.31 Å². The van der Waals surface area contributed by atoms with Crippen LogP contribution >= 0.6 is 0 Å². The molecule has 8 heteroatoms. The molecule has 0 amide bonds. The number of methoxy groups -OCH3 is 1. The van der Waals surface area contributed by atoms with E-state index in [2.05, 4.69) is 9.80 Å². The number of piperazine rings is 1. The molecule has 3 rings (SSSR count). The van der Waals surface area contributed by atoms with Gasteiger partial charge in [-0.3, -0.25) is 9.80 Å². The van der Waals surface area contributed by atoms with Crippen molar-refractivity contribution in [3.8, 4) is 5.75 Å². The van der Waals surface area contributed by atoms with Crippen LogP contribution in [-0.4, -0.2) is 95.2 Å². The third-order valence-corrected chi connectivity index (χ3v) is 7.49. The summed E-state index contributed by atoms with van der Waals surface area (Å²) in [6.07, 6.45) is 0. The van der Waals surface area contributed by atoms with Crippen molar-refractivity contribution in [3.05, 3.63) is 23.3 Å². The molecule has 0 spiro atoms. The molecule has 0 N–H and O–H groups in total. The van der Waals surface area contributed by atoms with Gasteiger partial charge in [0.1, 0.15) is 10.6 Å². The van der Waals surface area contributed by atoms with Crippen LogP contribution in [0.4, 0.5) is 0 Å². The number of ether oxygens (including phenoxy) is 2. The highest BCUT2D eigenvalue weighted by Crippen LogP contribution is 2.30. The Balaban J connectivity index is 1.60. The van der Waals surface area contributed by atoms with Crippen molar-refractivity contribution in [2.24, 2.45) is 0 Å². The van der Waals surface area contributed by atoms with E-state index in [0.29, 0.717) is 18.8 Å². The predicted molar refractivity (Wildman–Crippen MR) is 105 cm³/mol. The molecule has 1 aromatic carbocycles. The lowest BCUT2D eigenvalue weighted by Gasteiger charge is -2.36. The molecule has 0 aromatic heterocycles. The van der Waals surface area contributed by atoms with Crippen molar-refractivity contribution in [3.63, 3.8) is 0 Å². The molecule has 0 saturated carbocycles. The molecule has 0 atom stereocenters. The summed E-state index contributed by atoms with van der Waals surface area (Å²) in [7, 11) is -2.03. The molecule has 0 radical (unpaired) electrons. The fourth-order valence-electron chi connectivity index (χ4n) is 3.56. The van der Waals surface area contributed by atoms with Crippen LogP contribution in [0.25, 0.3) is 0 Å². The summed E-state index contributed by atoms with van der Waals surface area (Å²) in [4.78, 5) is 5.03. The van der Waals surface area contributed by atoms with Gasteiger partial charge < -0.3 is 9.47 Å². The second kappa shape index (κ2) is 8.87. The largest absolute Gasteiger partial charge is 0.495 e. The molecule has 27 heavy (non-hydrogen) atoms. The van der Waals surface area contributed by atoms with Crippen molar-refractivity contribution >= 4 is 10.0 Å². The average Bonchev–Trinajstić information content (AvgIpc) is 2.69. The van der Waals surface area contributed by atoms with E-state index in [1.165, 1.54) is 7.11 Å². The summed E-state index contributed by atoms with van der Waals surface area (Å²) in [5.74, 6) is 0.424. The van der Waals surface area contributed by atoms with E-state index >= 15 is 0 Å². The Morgan fingerprint density at radius 3 is 2.07 bits per heavy atom. The van der Waals surface area contributed by atoms with Gasteiger partial charge in [-0.15, -0.1) is 0 Å². The van der Waals surface area contributed by atoms with E-state index in [-0.39, 0.29) is 4.90 Å². The van der Waals surface area contributed by atoms with E-state index in [1.54, 1.807) is 16.4 Å². The number of aryl methyl sites for hydroxylation is 2. The Morgan fingerprint density at radius 1 is 0.926 bits per heavy atom. The number of hydrogen-bond donors (Lipinski definition) is 0. The zero-order chi connectivity index (χ0) is 19.4. The van der Waals surface area contributed by atoms with Crippen LogP contribution < -0.4 is 4.74 Å². The van der Waals surface area contributed by atoms with Gasteiger partial charge in [-0.1, -0.05) is 0 Å². The number of sulfonamides is 1. The lowest BCUT2D eigenvalue weighted by atomic mass is 10.1. The van der Waals surface area contributed by atoms with Crippen molar-refractivity contribution < 1.29 is 17.9 Å². The summed E-state index contributed by atoms with van der Waals surface area (Å²) < 4.78 is 38.6. The number of nitrogens with zero attached hydrogens (tertiary/aromatic N) is 3. The summed E-state index contributed by atoms with van der Waals surface area (Å²) in [5, 5.41) is 0. The first-order chi connectivity index (χ1) is 12.9.